The molecule has 0 aliphatic rings. The molecular weight excluding hydrogens is 777 g/mol. The van der Waals surface area contributed by atoms with Crippen LogP contribution in [0.15, 0.2) is 255 Å². The number of para-hydroxylation sites is 3. The van der Waals surface area contributed by atoms with E-state index >= 15 is 0 Å². The monoisotopic (exact) mass is 818 g/mol. The van der Waals surface area contributed by atoms with Gasteiger partial charge in [-0.15, -0.1) is 0 Å². The van der Waals surface area contributed by atoms with Crippen LogP contribution in [0.1, 0.15) is 0 Å². The Balaban J connectivity index is 1.23. The van der Waals surface area contributed by atoms with Crippen molar-refractivity contribution in [1.82, 2.24) is 9.13 Å². The van der Waals surface area contributed by atoms with Gasteiger partial charge in [0.25, 0.3) is 0 Å². The van der Waals surface area contributed by atoms with E-state index in [4.69, 9.17) is 0 Å². The number of nitrogens with zero attached hydrogens (tertiary/aromatic N) is 2. The van der Waals surface area contributed by atoms with Gasteiger partial charge >= 0.3 is 0 Å². The van der Waals surface area contributed by atoms with Crippen molar-refractivity contribution in [2.45, 2.75) is 0 Å². The molecule has 0 aliphatic carbocycles. The Kier molecular flexibility index (Phi) is 8.87. The lowest BCUT2D eigenvalue weighted by Gasteiger charge is -2.36. The van der Waals surface area contributed by atoms with Crippen molar-refractivity contribution in [1.29, 1.82) is 0 Å². The Hall–Kier alpha value is -7.98. The highest BCUT2D eigenvalue weighted by atomic mass is 28.3. The van der Waals surface area contributed by atoms with Crippen LogP contribution in [0.4, 0.5) is 0 Å². The molecule has 0 atom stereocenters. The van der Waals surface area contributed by atoms with E-state index in [-0.39, 0.29) is 0 Å². The van der Waals surface area contributed by atoms with E-state index in [0.29, 0.717) is 0 Å². The minimum Gasteiger partial charge on any atom is -0.307 e. The second-order valence-corrected chi connectivity index (χ2v) is 20.2. The van der Waals surface area contributed by atoms with Gasteiger partial charge in [0, 0.05) is 27.2 Å². The molecule has 0 saturated heterocycles. The van der Waals surface area contributed by atoms with Crippen LogP contribution in [-0.2, 0) is 0 Å². The summed E-state index contributed by atoms with van der Waals surface area (Å²) in [4.78, 5) is 0. The second-order valence-electron chi connectivity index (χ2n) is 16.4. The summed E-state index contributed by atoms with van der Waals surface area (Å²) in [6, 6.07) is 94.4. The lowest BCUT2D eigenvalue weighted by atomic mass is 9.99. The maximum absolute atomic E-state index is 2.97. The Morgan fingerprint density at radius 2 is 0.778 bits per heavy atom. The van der Waals surface area contributed by atoms with E-state index in [1.807, 2.05) is 0 Å². The molecule has 0 amide bonds. The Morgan fingerprint density at radius 1 is 0.302 bits per heavy atom. The zero-order chi connectivity index (χ0) is 41.7. The third kappa shape index (κ3) is 5.78. The van der Waals surface area contributed by atoms with E-state index in [0.717, 1.165) is 11.4 Å². The molecular formula is C60H42N2Si. The predicted molar refractivity (Wildman–Crippen MR) is 270 cm³/mol. The Labute approximate surface area is 368 Å². The minimum absolute atomic E-state index is 1.13. The van der Waals surface area contributed by atoms with Crippen LogP contribution in [0, 0.1) is 0 Å². The molecule has 2 heterocycles. The molecule has 2 nitrogen and oxygen atoms in total. The van der Waals surface area contributed by atoms with Gasteiger partial charge < -0.3 is 9.13 Å². The molecule has 0 N–H and O–H groups in total. The molecule has 0 saturated carbocycles. The van der Waals surface area contributed by atoms with Crippen LogP contribution in [0.5, 0.6) is 0 Å². The molecule has 3 heteroatoms. The lowest BCUT2D eigenvalue weighted by Crippen LogP contribution is -2.75. The predicted octanol–water partition coefficient (Wildman–Crippen LogP) is 12.6. The van der Waals surface area contributed by atoms with Crippen molar-refractivity contribution in [2.24, 2.45) is 0 Å². The number of rotatable bonds is 8. The van der Waals surface area contributed by atoms with Gasteiger partial charge in [0.05, 0.1) is 27.8 Å². The molecule has 0 radical (unpaired) electrons. The third-order valence-electron chi connectivity index (χ3n) is 13.1. The normalized spacial score (nSPS) is 11.8. The number of fused-ring (bicyclic) bond motifs is 6. The van der Waals surface area contributed by atoms with Crippen LogP contribution in [0.25, 0.3) is 77.2 Å². The zero-order valence-electron chi connectivity index (χ0n) is 34.6. The van der Waals surface area contributed by atoms with Crippen molar-refractivity contribution in [2.75, 3.05) is 0 Å². The minimum atomic E-state index is -2.97. The highest BCUT2D eigenvalue weighted by molar-refractivity contribution is 7.20. The highest BCUT2D eigenvalue weighted by Gasteiger charge is 2.43. The maximum atomic E-state index is 2.54. The fourth-order valence-electron chi connectivity index (χ4n) is 10.5. The first-order chi connectivity index (χ1) is 31.3. The number of hydrogen-bond donors (Lipinski definition) is 0. The first-order valence-electron chi connectivity index (χ1n) is 21.8. The second kappa shape index (κ2) is 15.2. The number of benzene rings is 10. The Morgan fingerprint density at radius 3 is 1.40 bits per heavy atom. The maximum Gasteiger partial charge on any atom is 0.180 e. The van der Waals surface area contributed by atoms with E-state index in [1.54, 1.807) is 0 Å². The summed E-state index contributed by atoms with van der Waals surface area (Å²) < 4.78 is 5.02. The Bertz CT molecular complexity index is 3500. The van der Waals surface area contributed by atoms with Gasteiger partial charge in [-0.1, -0.05) is 218 Å². The van der Waals surface area contributed by atoms with Crippen molar-refractivity contribution in [3.63, 3.8) is 0 Å². The molecule has 0 unspecified atom stereocenters. The molecule has 2 aromatic heterocycles. The van der Waals surface area contributed by atoms with Crippen LogP contribution >= 0.6 is 0 Å². The van der Waals surface area contributed by atoms with Gasteiger partial charge in [0.2, 0.25) is 0 Å². The van der Waals surface area contributed by atoms with Gasteiger partial charge in [-0.3, -0.25) is 0 Å². The van der Waals surface area contributed by atoms with Gasteiger partial charge in [0.15, 0.2) is 8.07 Å². The molecule has 0 aliphatic heterocycles. The largest absolute Gasteiger partial charge is 0.307 e. The molecule has 10 aromatic carbocycles. The molecule has 0 bridgehead atoms. The lowest BCUT2D eigenvalue weighted by molar-refractivity contribution is 1.13. The molecule has 12 rings (SSSR count). The molecule has 0 spiro atoms. The van der Waals surface area contributed by atoms with Crippen molar-refractivity contribution in [3.8, 4) is 33.6 Å². The van der Waals surface area contributed by atoms with Crippen molar-refractivity contribution >= 4 is 72.4 Å². The van der Waals surface area contributed by atoms with Gasteiger partial charge in [-0.25, -0.2) is 0 Å². The first kappa shape index (κ1) is 36.8. The van der Waals surface area contributed by atoms with Crippen LogP contribution in [0.3, 0.4) is 0 Å². The average molecular weight is 819 g/mol. The van der Waals surface area contributed by atoms with Gasteiger partial charge in [-0.05, 0) is 79.4 Å². The van der Waals surface area contributed by atoms with E-state index in [1.165, 1.54) is 86.6 Å². The van der Waals surface area contributed by atoms with Crippen LogP contribution in [0.2, 0.25) is 0 Å². The van der Waals surface area contributed by atoms with E-state index in [9.17, 15) is 0 Å². The fraction of sp³-hybridized carbons (Fsp3) is 0. The van der Waals surface area contributed by atoms with Gasteiger partial charge in [-0.2, -0.15) is 0 Å². The summed E-state index contributed by atoms with van der Waals surface area (Å²) in [6.45, 7) is 0. The van der Waals surface area contributed by atoms with Gasteiger partial charge in [0.1, 0.15) is 0 Å². The number of hydrogen-bond acceptors (Lipinski definition) is 0. The average Bonchev–Trinajstić information content (AvgIpc) is 3.89. The molecule has 12 aromatic rings. The van der Waals surface area contributed by atoms with Crippen molar-refractivity contribution in [3.05, 3.63) is 255 Å². The summed E-state index contributed by atoms with van der Waals surface area (Å²) in [7, 11) is -2.97. The van der Waals surface area contributed by atoms with Crippen molar-refractivity contribution < 1.29 is 0 Å². The van der Waals surface area contributed by atoms with Crippen LogP contribution in [-0.4, -0.2) is 17.2 Å². The third-order valence-corrected chi connectivity index (χ3v) is 17.9. The smallest absolute Gasteiger partial charge is 0.180 e. The zero-order valence-corrected chi connectivity index (χ0v) is 35.6. The quantitative estimate of drug-likeness (QED) is 0.107. The number of aromatic nitrogens is 2. The fourth-order valence-corrected chi connectivity index (χ4v) is 15.5. The summed E-state index contributed by atoms with van der Waals surface area (Å²) in [5.74, 6) is 0. The summed E-state index contributed by atoms with van der Waals surface area (Å²) >= 11 is 0. The standard InChI is InChI=1S/C60H42N2Si/c1-6-22-43(23-7-1)45-26-20-27-46(42-45)61-53-37-18-16-34-50(53)51-36-21-39-56(60(51)61)62-54-38-19-17-35-52(54)59-55(62)40-41-57(58(59)44-24-8-2-9-25-44)63(47-28-10-3-11-29-47,48-30-12-4-13-31-48)49-32-14-5-15-33-49/h1-42H. The van der Waals surface area contributed by atoms with Crippen LogP contribution < -0.4 is 20.7 Å². The summed E-state index contributed by atoms with van der Waals surface area (Å²) in [6.07, 6.45) is 0. The molecule has 0 fully saturated rings. The molecule has 296 valence electrons. The topological polar surface area (TPSA) is 9.86 Å². The highest BCUT2D eigenvalue weighted by Crippen LogP contribution is 2.42. The molecule has 63 heavy (non-hydrogen) atoms. The van der Waals surface area contributed by atoms with E-state index in [2.05, 4.69) is 264 Å². The SMILES string of the molecule is c1ccc(-c2cccc(-n3c4ccccc4c4cccc(-n5c6ccccc6c6c(-c7ccccc7)c([Si](c7ccccc7)(c7ccccc7)c7ccccc7)ccc65)c43)c2)cc1. The van der Waals surface area contributed by atoms with E-state index < -0.39 is 8.07 Å². The summed E-state index contributed by atoms with van der Waals surface area (Å²) in [5, 5.41) is 10.4. The summed E-state index contributed by atoms with van der Waals surface area (Å²) in [5.41, 5.74) is 11.9. The first-order valence-corrected chi connectivity index (χ1v) is 23.8.